The van der Waals surface area contributed by atoms with Gasteiger partial charge in [-0.1, -0.05) is 60.4 Å². The van der Waals surface area contributed by atoms with E-state index in [2.05, 4.69) is 22.8 Å². The number of benzene rings is 3. The van der Waals surface area contributed by atoms with Crippen LogP contribution in [0, 0.1) is 0 Å². The molecular formula is C30H30N2O7S4. The number of nitrogens with zero attached hydrogens (tertiary/aromatic N) is 2. The number of methoxy groups -OCH3 is 1. The molecule has 0 saturated carbocycles. The first-order valence-electron chi connectivity index (χ1n) is 13.4. The van der Waals surface area contributed by atoms with Crippen LogP contribution in [0.15, 0.2) is 87.7 Å². The van der Waals surface area contributed by atoms with Crippen LogP contribution in [0.5, 0.6) is 5.75 Å². The van der Waals surface area contributed by atoms with E-state index in [9.17, 15) is 25.9 Å². The van der Waals surface area contributed by atoms with Gasteiger partial charge in [0.15, 0.2) is 6.54 Å². The topological polar surface area (TPSA) is 128 Å². The van der Waals surface area contributed by atoms with Gasteiger partial charge in [0.25, 0.3) is 15.1 Å². The lowest BCUT2D eigenvalue weighted by molar-refractivity contribution is -0.667. The van der Waals surface area contributed by atoms with Crippen LogP contribution in [-0.2, 0) is 26.8 Å². The molecule has 0 fully saturated rings. The number of anilines is 1. The maximum absolute atomic E-state index is 11.4. The fourth-order valence-corrected chi connectivity index (χ4v) is 8.06. The smallest absolute Gasteiger partial charge is 0.287 e. The Morgan fingerprint density at radius 1 is 1.12 bits per heavy atom. The van der Waals surface area contributed by atoms with E-state index in [1.807, 2.05) is 60.4 Å². The highest BCUT2D eigenvalue weighted by molar-refractivity contribution is 8.03. The van der Waals surface area contributed by atoms with Crippen molar-refractivity contribution in [2.45, 2.75) is 31.2 Å². The number of allylic oxidation sites excluding steroid dienone is 2. The molecule has 1 N–H and O–H groups in total. The molecule has 0 radical (unpaired) electrons. The standard InChI is InChI=1S/C30H30N2O7S4/c1-3-21(18-28-31(14-6-16-42(33,34)35)25-20-23(39-2)11-13-26(25)40-28)19-29-32(15-7-17-43(36,37)38)30-24-9-5-4-8-22(24)10-12-27(30)41-29/h4-6,8-13,16,18-20H,3,7,14-15,17H2,1-2H3,(H-,33,34,35,36,37,38)/b16-6-. The van der Waals surface area contributed by atoms with Gasteiger partial charge in [0, 0.05) is 35.8 Å². The first-order valence-corrected chi connectivity index (χ1v) is 18.1. The molecule has 0 atom stereocenters. The van der Waals surface area contributed by atoms with E-state index in [-0.39, 0.29) is 13.0 Å². The van der Waals surface area contributed by atoms with Crippen LogP contribution in [0.25, 0.3) is 27.1 Å². The van der Waals surface area contributed by atoms with Crippen molar-refractivity contribution < 1.29 is 35.2 Å². The molecule has 0 bridgehead atoms. The zero-order valence-corrected chi connectivity index (χ0v) is 26.7. The summed E-state index contributed by atoms with van der Waals surface area (Å²) < 4.78 is 74.6. The van der Waals surface area contributed by atoms with Crippen molar-refractivity contribution in [3.63, 3.8) is 0 Å². The SMILES string of the molecule is CCC(/C=C1\Sc2ccc(OC)cc2N1C/C=C\S(=O)(=O)O)=C\c1sc2ccc3ccccc3c2[n+]1CCCS(=O)(=O)[O-]. The first-order chi connectivity index (χ1) is 20.5. The summed E-state index contributed by atoms with van der Waals surface area (Å²) in [7, 11) is -7.03. The Bertz CT molecular complexity index is 2000. The average Bonchev–Trinajstić information content (AvgIpc) is 3.48. The number of thioether (sulfide) groups is 1. The fraction of sp³-hybridized carbons (Fsp3) is 0.233. The molecule has 1 aliphatic heterocycles. The van der Waals surface area contributed by atoms with Crippen LogP contribution in [-0.4, -0.2) is 45.3 Å². The van der Waals surface area contributed by atoms with E-state index in [0.29, 0.717) is 18.7 Å². The van der Waals surface area contributed by atoms with Crippen LogP contribution >= 0.6 is 23.1 Å². The lowest BCUT2D eigenvalue weighted by Crippen LogP contribution is -2.36. The molecule has 0 amide bonds. The second-order valence-electron chi connectivity index (χ2n) is 9.83. The van der Waals surface area contributed by atoms with E-state index in [4.69, 9.17) is 4.74 Å². The molecule has 0 unspecified atom stereocenters. The molecule has 0 spiro atoms. The lowest BCUT2D eigenvalue weighted by Gasteiger charge is -2.19. The summed E-state index contributed by atoms with van der Waals surface area (Å²) in [6, 6.07) is 17.8. The van der Waals surface area contributed by atoms with Crippen molar-refractivity contribution in [3.05, 3.63) is 87.8 Å². The zero-order chi connectivity index (χ0) is 30.8. The minimum absolute atomic E-state index is 0.190. The minimum Gasteiger partial charge on any atom is -0.748 e. The van der Waals surface area contributed by atoms with Gasteiger partial charge in [0.05, 0.1) is 38.7 Å². The van der Waals surface area contributed by atoms with E-state index in [1.54, 1.807) is 30.2 Å². The molecule has 2 heterocycles. The highest BCUT2D eigenvalue weighted by Gasteiger charge is 2.26. The summed E-state index contributed by atoms with van der Waals surface area (Å²) in [6.07, 6.45) is 6.39. The van der Waals surface area contributed by atoms with Crippen LogP contribution in [0.1, 0.15) is 24.8 Å². The molecule has 0 saturated heterocycles. The van der Waals surface area contributed by atoms with E-state index in [0.717, 1.165) is 52.6 Å². The van der Waals surface area contributed by atoms with Crippen LogP contribution in [0.2, 0.25) is 0 Å². The van der Waals surface area contributed by atoms with Gasteiger partial charge in [0.2, 0.25) is 5.52 Å². The van der Waals surface area contributed by atoms with Gasteiger partial charge in [-0.2, -0.15) is 13.0 Å². The fourth-order valence-electron chi connectivity index (χ4n) is 4.94. The third kappa shape index (κ3) is 7.48. The maximum atomic E-state index is 11.4. The summed E-state index contributed by atoms with van der Waals surface area (Å²) in [5.74, 6) is 0.217. The molecule has 9 nitrogen and oxygen atoms in total. The molecule has 0 aliphatic carbocycles. The van der Waals surface area contributed by atoms with Crippen molar-refractivity contribution in [2.24, 2.45) is 0 Å². The van der Waals surface area contributed by atoms with E-state index in [1.165, 1.54) is 6.08 Å². The van der Waals surface area contributed by atoms with E-state index < -0.39 is 26.0 Å². The van der Waals surface area contributed by atoms with Gasteiger partial charge >= 0.3 is 0 Å². The maximum Gasteiger partial charge on any atom is 0.287 e. The second-order valence-corrected chi connectivity index (χ2v) is 14.8. The summed E-state index contributed by atoms with van der Waals surface area (Å²) >= 11 is 3.14. The summed E-state index contributed by atoms with van der Waals surface area (Å²) in [6.45, 7) is 2.61. The first kappa shape index (κ1) is 31.2. The number of hydrogen-bond donors (Lipinski definition) is 1. The Morgan fingerprint density at radius 2 is 1.91 bits per heavy atom. The van der Waals surface area contributed by atoms with Crippen molar-refractivity contribution in [1.29, 1.82) is 0 Å². The Balaban J connectivity index is 1.59. The molecule has 13 heteroatoms. The predicted octanol–water partition coefficient (Wildman–Crippen LogP) is 5.93. The number of aromatic nitrogens is 1. The molecule has 5 rings (SSSR count). The van der Waals surface area contributed by atoms with Gasteiger partial charge in [-0.3, -0.25) is 4.55 Å². The third-order valence-corrected chi connectivity index (χ3v) is 10.4. The molecule has 1 aromatic heterocycles. The van der Waals surface area contributed by atoms with Gasteiger partial charge in [-0.05, 0) is 47.7 Å². The van der Waals surface area contributed by atoms with Crippen LogP contribution < -0.4 is 14.2 Å². The summed E-state index contributed by atoms with van der Waals surface area (Å²) in [5.41, 5.74) is 2.84. The Morgan fingerprint density at radius 3 is 2.63 bits per heavy atom. The average molecular weight is 659 g/mol. The highest BCUT2D eigenvalue weighted by Crippen LogP contribution is 2.48. The van der Waals surface area contributed by atoms with E-state index >= 15 is 0 Å². The minimum atomic E-state index is -4.34. The predicted molar refractivity (Wildman–Crippen MR) is 172 cm³/mol. The molecule has 43 heavy (non-hydrogen) atoms. The number of aryl methyl sites for hydroxylation is 1. The van der Waals surface area contributed by atoms with Crippen molar-refractivity contribution in [2.75, 3.05) is 24.3 Å². The normalized spacial score (nSPS) is 15.3. The number of thiazole rings is 1. The number of rotatable bonds is 11. The van der Waals surface area contributed by atoms with Gasteiger partial charge < -0.3 is 14.2 Å². The lowest BCUT2D eigenvalue weighted by atomic mass is 10.1. The Labute approximate surface area is 259 Å². The summed E-state index contributed by atoms with van der Waals surface area (Å²) in [4.78, 5) is 2.93. The Kier molecular flexibility index (Phi) is 9.30. The van der Waals surface area contributed by atoms with Crippen molar-refractivity contribution in [1.82, 2.24) is 0 Å². The van der Waals surface area contributed by atoms with Crippen molar-refractivity contribution in [3.8, 4) is 5.75 Å². The number of hydrogen-bond acceptors (Lipinski definition) is 9. The second kappa shape index (κ2) is 12.8. The van der Waals surface area contributed by atoms with Crippen LogP contribution in [0.3, 0.4) is 0 Å². The van der Waals surface area contributed by atoms with Gasteiger partial charge in [-0.15, -0.1) is 0 Å². The van der Waals surface area contributed by atoms with Crippen molar-refractivity contribution >= 4 is 76.1 Å². The van der Waals surface area contributed by atoms with Crippen LogP contribution in [0.4, 0.5) is 5.69 Å². The molecular weight excluding hydrogens is 629 g/mol. The summed E-state index contributed by atoms with van der Waals surface area (Å²) in [5, 5.41) is 4.67. The highest BCUT2D eigenvalue weighted by atomic mass is 32.2. The molecule has 1 aliphatic rings. The Hall–Kier alpha value is -3.20. The van der Waals surface area contributed by atoms with Gasteiger partial charge in [0.1, 0.15) is 10.4 Å². The number of fused-ring (bicyclic) bond motifs is 4. The largest absolute Gasteiger partial charge is 0.748 e. The zero-order valence-electron chi connectivity index (χ0n) is 23.5. The quantitative estimate of drug-likeness (QED) is 0.154. The number of ether oxygens (including phenoxy) is 1. The molecule has 3 aromatic carbocycles. The molecule has 226 valence electrons. The molecule has 4 aromatic rings. The van der Waals surface area contributed by atoms with Gasteiger partial charge in [-0.25, -0.2) is 8.42 Å². The monoisotopic (exact) mass is 658 g/mol. The third-order valence-electron chi connectivity index (χ3n) is 6.91.